The monoisotopic (exact) mass is 522 g/mol. The average Bonchev–Trinajstić information content (AvgIpc) is 3.39. The van der Waals surface area contributed by atoms with Crippen LogP contribution in [0.3, 0.4) is 0 Å². The molecule has 39 heavy (non-hydrogen) atoms. The number of hydrogen-bond donors (Lipinski definition) is 0. The maximum absolute atomic E-state index is 14.0. The average molecular weight is 523 g/mol. The Hall–Kier alpha value is -4.26. The minimum absolute atomic E-state index is 0.151. The normalized spacial score (nSPS) is 19.8. The topological polar surface area (TPSA) is 74.6 Å². The predicted octanol–water partition coefficient (Wildman–Crippen LogP) is 6.25. The Morgan fingerprint density at radius 1 is 0.692 bits per heavy atom. The quantitative estimate of drug-likeness (QED) is 0.351. The summed E-state index contributed by atoms with van der Waals surface area (Å²) in [4.78, 5) is 28.0. The number of carbonyl (C=O) groups excluding carboxylic acids is 2. The lowest BCUT2D eigenvalue weighted by Gasteiger charge is -2.29. The van der Waals surface area contributed by atoms with Crippen LogP contribution in [-0.4, -0.2) is 29.8 Å². The van der Waals surface area contributed by atoms with Crippen molar-refractivity contribution < 1.29 is 14.3 Å². The molecule has 3 aromatic rings. The minimum atomic E-state index is -0.620. The molecule has 0 aromatic heterocycles. The highest BCUT2D eigenvalue weighted by Crippen LogP contribution is 2.43. The van der Waals surface area contributed by atoms with Crippen LogP contribution < -0.4 is 14.8 Å². The third kappa shape index (κ3) is 5.09. The zero-order valence-electron chi connectivity index (χ0n) is 23.1. The number of anilines is 2. The van der Waals surface area contributed by atoms with E-state index in [1.807, 2.05) is 100 Å². The van der Waals surface area contributed by atoms with Crippen molar-refractivity contribution in [1.29, 1.82) is 0 Å². The van der Waals surface area contributed by atoms with Gasteiger partial charge in [0.2, 0.25) is 0 Å². The van der Waals surface area contributed by atoms with Crippen LogP contribution >= 0.6 is 0 Å². The van der Waals surface area contributed by atoms with Gasteiger partial charge in [0.15, 0.2) is 0 Å². The SMILES string of the molecule is CCCOc1ccc(C(C2C(=O)N(c3ccc(C)cc3)N=C2C)C2C(=O)N(c3ccc(C)cc3)N=C2C)cc1. The first-order valence-corrected chi connectivity index (χ1v) is 13.4. The van der Waals surface area contributed by atoms with Gasteiger partial charge in [0.1, 0.15) is 5.75 Å². The molecule has 2 atom stereocenters. The first-order valence-electron chi connectivity index (χ1n) is 13.4. The Bertz CT molecular complexity index is 1340. The third-order valence-corrected chi connectivity index (χ3v) is 7.38. The van der Waals surface area contributed by atoms with Gasteiger partial charge in [-0.2, -0.15) is 10.2 Å². The third-order valence-electron chi connectivity index (χ3n) is 7.38. The number of ether oxygens (including phenoxy) is 1. The lowest BCUT2D eigenvalue weighted by atomic mass is 9.73. The molecular weight excluding hydrogens is 488 g/mol. The molecule has 5 rings (SSSR count). The molecule has 2 unspecified atom stereocenters. The van der Waals surface area contributed by atoms with Crippen molar-refractivity contribution >= 4 is 34.6 Å². The summed E-state index contributed by atoms with van der Waals surface area (Å²) in [6.45, 7) is 10.4. The second-order valence-corrected chi connectivity index (χ2v) is 10.4. The smallest absolute Gasteiger partial charge is 0.256 e. The zero-order valence-corrected chi connectivity index (χ0v) is 23.1. The van der Waals surface area contributed by atoms with Gasteiger partial charge in [0, 0.05) is 17.3 Å². The van der Waals surface area contributed by atoms with Gasteiger partial charge in [-0.15, -0.1) is 0 Å². The van der Waals surface area contributed by atoms with Crippen LogP contribution in [0.15, 0.2) is 83.0 Å². The molecule has 0 bridgehead atoms. The Morgan fingerprint density at radius 2 is 1.13 bits per heavy atom. The highest BCUT2D eigenvalue weighted by Gasteiger charge is 2.50. The fourth-order valence-corrected chi connectivity index (χ4v) is 5.31. The summed E-state index contributed by atoms with van der Waals surface area (Å²) in [6, 6.07) is 23.2. The molecule has 7 nitrogen and oxygen atoms in total. The van der Waals surface area contributed by atoms with Gasteiger partial charge in [0.05, 0.1) is 29.8 Å². The van der Waals surface area contributed by atoms with Gasteiger partial charge < -0.3 is 4.74 Å². The summed E-state index contributed by atoms with van der Waals surface area (Å²) in [5.41, 5.74) is 5.84. The van der Waals surface area contributed by atoms with E-state index >= 15 is 0 Å². The van der Waals surface area contributed by atoms with E-state index in [1.54, 1.807) is 0 Å². The van der Waals surface area contributed by atoms with Crippen LogP contribution in [0.4, 0.5) is 11.4 Å². The molecule has 0 spiro atoms. The van der Waals surface area contributed by atoms with E-state index in [0.717, 1.165) is 28.9 Å². The number of rotatable bonds is 8. The Morgan fingerprint density at radius 3 is 1.54 bits per heavy atom. The second kappa shape index (κ2) is 10.8. The molecule has 200 valence electrons. The molecule has 0 fully saturated rings. The summed E-state index contributed by atoms with van der Waals surface area (Å²) in [5, 5.41) is 12.3. The number of aryl methyl sites for hydroxylation is 2. The molecule has 2 aliphatic rings. The van der Waals surface area contributed by atoms with Gasteiger partial charge in [-0.1, -0.05) is 54.4 Å². The van der Waals surface area contributed by atoms with E-state index < -0.39 is 17.8 Å². The molecule has 3 aromatic carbocycles. The molecule has 0 saturated carbocycles. The van der Waals surface area contributed by atoms with Crippen molar-refractivity contribution in [3.8, 4) is 5.75 Å². The van der Waals surface area contributed by atoms with E-state index in [-0.39, 0.29) is 11.8 Å². The summed E-state index contributed by atoms with van der Waals surface area (Å²) in [7, 11) is 0. The zero-order chi connectivity index (χ0) is 27.7. The van der Waals surface area contributed by atoms with Crippen LogP contribution in [0.1, 0.15) is 49.8 Å². The van der Waals surface area contributed by atoms with E-state index in [9.17, 15) is 9.59 Å². The van der Waals surface area contributed by atoms with Gasteiger partial charge >= 0.3 is 0 Å². The van der Waals surface area contributed by atoms with Gasteiger partial charge in [-0.05, 0) is 76.1 Å². The Balaban J connectivity index is 1.54. The van der Waals surface area contributed by atoms with Crippen molar-refractivity contribution in [2.75, 3.05) is 16.6 Å². The molecule has 0 radical (unpaired) electrons. The van der Waals surface area contributed by atoms with E-state index in [4.69, 9.17) is 4.74 Å². The standard InChI is InChI=1S/C32H34N4O3/c1-6-19-39-27-17-11-24(12-18-27)30(28-22(4)33-35(31(28)37)25-13-7-20(2)8-14-25)29-23(5)34-36(32(29)38)26-15-9-21(3)10-16-26/h7-18,28-30H,6,19H2,1-5H3. The first-order chi connectivity index (χ1) is 18.8. The number of hydrazone groups is 2. The highest BCUT2D eigenvalue weighted by molar-refractivity contribution is 6.19. The lowest BCUT2D eigenvalue weighted by molar-refractivity contribution is -0.122. The van der Waals surface area contributed by atoms with Crippen molar-refractivity contribution in [2.24, 2.45) is 22.0 Å². The number of nitrogens with zero attached hydrogens (tertiary/aromatic N) is 4. The van der Waals surface area contributed by atoms with Crippen molar-refractivity contribution in [3.05, 3.63) is 89.5 Å². The van der Waals surface area contributed by atoms with Gasteiger partial charge in [-0.25, -0.2) is 10.0 Å². The number of hydrogen-bond acceptors (Lipinski definition) is 5. The Kier molecular flexibility index (Phi) is 7.33. The summed E-state index contributed by atoms with van der Waals surface area (Å²) >= 11 is 0. The molecule has 0 aliphatic carbocycles. The van der Waals surface area contributed by atoms with Crippen LogP contribution in [0, 0.1) is 25.7 Å². The molecule has 0 saturated heterocycles. The highest BCUT2D eigenvalue weighted by atomic mass is 16.5. The van der Waals surface area contributed by atoms with E-state index in [0.29, 0.717) is 29.4 Å². The van der Waals surface area contributed by atoms with Crippen LogP contribution in [0.25, 0.3) is 0 Å². The summed E-state index contributed by atoms with van der Waals surface area (Å²) in [6.07, 6.45) is 0.909. The predicted molar refractivity (Wildman–Crippen MR) is 155 cm³/mol. The van der Waals surface area contributed by atoms with E-state index in [2.05, 4.69) is 17.1 Å². The molecular formula is C32H34N4O3. The van der Waals surface area contributed by atoms with Crippen LogP contribution in [0.2, 0.25) is 0 Å². The van der Waals surface area contributed by atoms with Crippen molar-refractivity contribution in [3.63, 3.8) is 0 Å². The van der Waals surface area contributed by atoms with E-state index in [1.165, 1.54) is 10.0 Å². The van der Waals surface area contributed by atoms with Crippen molar-refractivity contribution in [1.82, 2.24) is 0 Å². The minimum Gasteiger partial charge on any atom is -0.494 e. The maximum atomic E-state index is 14.0. The molecule has 2 aliphatic heterocycles. The molecule has 7 heteroatoms. The fourth-order valence-electron chi connectivity index (χ4n) is 5.31. The largest absolute Gasteiger partial charge is 0.494 e. The molecule has 0 N–H and O–H groups in total. The molecule has 2 amide bonds. The summed E-state index contributed by atoms with van der Waals surface area (Å²) in [5.74, 6) is -1.27. The number of amides is 2. The maximum Gasteiger partial charge on any atom is 0.256 e. The number of benzene rings is 3. The van der Waals surface area contributed by atoms with Crippen LogP contribution in [0.5, 0.6) is 5.75 Å². The first kappa shape index (κ1) is 26.4. The fraction of sp³-hybridized carbons (Fsp3) is 0.312. The van der Waals surface area contributed by atoms with Crippen LogP contribution in [-0.2, 0) is 9.59 Å². The Labute approximate surface area is 229 Å². The molecule has 2 heterocycles. The van der Waals surface area contributed by atoms with Gasteiger partial charge in [0.25, 0.3) is 11.8 Å². The lowest BCUT2D eigenvalue weighted by Crippen LogP contribution is -2.40. The van der Waals surface area contributed by atoms with Gasteiger partial charge in [-0.3, -0.25) is 9.59 Å². The summed E-state index contributed by atoms with van der Waals surface area (Å²) < 4.78 is 5.80. The second-order valence-electron chi connectivity index (χ2n) is 10.4. The van der Waals surface area contributed by atoms with Crippen molar-refractivity contribution in [2.45, 2.75) is 47.0 Å². The number of carbonyl (C=O) groups is 2.